The Bertz CT molecular complexity index is 2080. The minimum Gasteiger partial charge on any atom is -0.342 e. The van der Waals surface area contributed by atoms with E-state index in [9.17, 15) is 35.9 Å². The van der Waals surface area contributed by atoms with Crippen molar-refractivity contribution in [3.05, 3.63) is 142 Å². The average molecular weight is 815 g/mol. The molecule has 0 spiro atoms. The number of hydrogen-bond donors (Lipinski definition) is 3. The summed E-state index contributed by atoms with van der Waals surface area (Å²) in [6, 6.07) is 31.0. The van der Waals surface area contributed by atoms with Gasteiger partial charge >= 0.3 is 24.2 Å². The molecule has 3 aromatic carbocycles. The van der Waals surface area contributed by atoms with Gasteiger partial charge in [-0.25, -0.2) is 0 Å². The lowest BCUT2D eigenvalue weighted by molar-refractivity contribution is -0.174. The van der Waals surface area contributed by atoms with Crippen molar-refractivity contribution in [3.8, 4) is 23.5 Å². The fourth-order valence-electron chi connectivity index (χ4n) is 4.73. The second-order valence-electron chi connectivity index (χ2n) is 11.7. The van der Waals surface area contributed by atoms with Crippen molar-refractivity contribution in [2.75, 3.05) is 0 Å². The van der Waals surface area contributed by atoms with Crippen molar-refractivity contribution in [2.45, 2.75) is 51.2 Å². The Hall–Kier alpha value is -5.84. The number of halogens is 7. The van der Waals surface area contributed by atoms with Crippen LogP contribution in [-0.4, -0.2) is 33.3 Å². The van der Waals surface area contributed by atoms with Gasteiger partial charge in [0.1, 0.15) is 23.5 Å². The van der Waals surface area contributed by atoms with E-state index in [4.69, 9.17) is 16.3 Å². The van der Waals surface area contributed by atoms with E-state index in [1.165, 1.54) is 13.8 Å². The number of nitrogens with zero attached hydrogens (tertiary/aromatic N) is 4. The van der Waals surface area contributed by atoms with Crippen LogP contribution in [0, 0.1) is 22.7 Å². The number of rotatable bonds is 7. The third kappa shape index (κ3) is 12.1. The molecule has 4 N–H and O–H groups in total. The van der Waals surface area contributed by atoms with Gasteiger partial charge in [0.15, 0.2) is 0 Å². The number of nitrogens with one attached hydrogen (secondary N) is 2. The number of carbonyl (C=O) groups excluding carboxylic acids is 2. The molecule has 0 fully saturated rings. The molecule has 0 saturated heterocycles. The third-order valence-electron chi connectivity index (χ3n) is 7.68. The normalized spacial score (nSPS) is 12.6. The fraction of sp³-hybridized carbons (Fsp3) is 0.211. The molecule has 282 valence electrons. The van der Waals surface area contributed by atoms with Crippen molar-refractivity contribution in [1.82, 2.24) is 19.8 Å². The number of nitriles is 2. The smallest absolute Gasteiger partial charge is 0.342 e. The zero-order chi connectivity index (χ0) is 40.2. The first kappa shape index (κ1) is 42.6. The van der Waals surface area contributed by atoms with Gasteiger partial charge in [-0.3, -0.25) is 9.59 Å². The SMILES string of the molecule is C[C@@H](N)c1ccc(-n2cccc2C#N)cc1.C[C@@H](NC(=O)C(F)(F)F)c1ccc(-n2cccc2C#N)cc1.C[C@@H](NC(=O)C(F)(F)F)c1ccc(Br)cc1. The van der Waals surface area contributed by atoms with Crippen molar-refractivity contribution in [3.63, 3.8) is 0 Å². The molecule has 0 unspecified atom stereocenters. The summed E-state index contributed by atoms with van der Waals surface area (Å²) in [5.74, 6) is -3.90. The quantitative estimate of drug-likeness (QED) is 0.141. The number of nitrogens with two attached hydrogens (primary N) is 1. The summed E-state index contributed by atoms with van der Waals surface area (Å²) in [4.78, 5) is 21.6. The predicted molar refractivity (Wildman–Crippen MR) is 193 cm³/mol. The fourth-order valence-corrected chi connectivity index (χ4v) is 5.00. The van der Waals surface area contributed by atoms with Crippen molar-refractivity contribution in [2.24, 2.45) is 5.73 Å². The van der Waals surface area contributed by atoms with Crippen LogP contribution >= 0.6 is 15.9 Å². The maximum Gasteiger partial charge on any atom is 0.471 e. The second-order valence-corrected chi connectivity index (χ2v) is 12.6. The van der Waals surface area contributed by atoms with Crippen LogP contribution in [0.3, 0.4) is 0 Å². The number of amides is 2. The van der Waals surface area contributed by atoms with E-state index in [2.05, 4.69) is 22.0 Å². The highest BCUT2D eigenvalue weighted by atomic mass is 79.9. The lowest BCUT2D eigenvalue weighted by Gasteiger charge is -2.16. The Morgan fingerprint density at radius 1 is 0.630 bits per heavy atom. The van der Waals surface area contributed by atoms with Gasteiger partial charge in [0.2, 0.25) is 0 Å². The van der Waals surface area contributed by atoms with Gasteiger partial charge in [-0.1, -0.05) is 52.3 Å². The lowest BCUT2D eigenvalue weighted by atomic mass is 10.1. The Morgan fingerprint density at radius 3 is 1.28 bits per heavy atom. The minimum atomic E-state index is -4.90. The molecular formula is C38H34BrF6N7O2. The highest BCUT2D eigenvalue weighted by Gasteiger charge is 2.40. The van der Waals surface area contributed by atoms with Crippen LogP contribution < -0.4 is 16.4 Å². The molecule has 0 aliphatic carbocycles. The molecule has 0 aliphatic rings. The van der Waals surface area contributed by atoms with E-state index >= 15 is 0 Å². The first-order valence-electron chi connectivity index (χ1n) is 16.0. The van der Waals surface area contributed by atoms with Gasteiger partial charge in [-0.15, -0.1) is 0 Å². The van der Waals surface area contributed by atoms with Gasteiger partial charge in [-0.2, -0.15) is 36.9 Å². The molecule has 54 heavy (non-hydrogen) atoms. The molecular weight excluding hydrogens is 780 g/mol. The summed E-state index contributed by atoms with van der Waals surface area (Å²) < 4.78 is 76.9. The Morgan fingerprint density at radius 2 is 0.963 bits per heavy atom. The van der Waals surface area contributed by atoms with Crippen LogP contribution in [0.25, 0.3) is 11.4 Å². The van der Waals surface area contributed by atoms with Crippen molar-refractivity contribution >= 4 is 27.7 Å². The van der Waals surface area contributed by atoms with Crippen LogP contribution in [0.2, 0.25) is 0 Å². The van der Waals surface area contributed by atoms with Crippen molar-refractivity contribution < 1.29 is 35.9 Å². The van der Waals surface area contributed by atoms with Crippen LogP contribution in [0.4, 0.5) is 26.3 Å². The number of hydrogen-bond acceptors (Lipinski definition) is 5. The number of aromatic nitrogens is 2. The average Bonchev–Trinajstić information content (AvgIpc) is 3.82. The van der Waals surface area contributed by atoms with E-state index in [1.807, 2.05) is 64.7 Å². The third-order valence-corrected chi connectivity index (χ3v) is 8.20. The molecule has 2 aromatic heterocycles. The molecule has 16 heteroatoms. The van der Waals surface area contributed by atoms with Gasteiger partial charge in [-0.05, 0) is 98.1 Å². The van der Waals surface area contributed by atoms with Crippen molar-refractivity contribution in [1.29, 1.82) is 10.5 Å². The Kier molecular flexibility index (Phi) is 14.8. The summed E-state index contributed by atoms with van der Waals surface area (Å²) in [5.41, 5.74) is 10.8. The molecule has 3 atom stereocenters. The van der Waals surface area contributed by atoms with E-state index < -0.39 is 36.3 Å². The summed E-state index contributed by atoms with van der Waals surface area (Å²) in [5, 5.41) is 21.6. The minimum absolute atomic E-state index is 0.0362. The summed E-state index contributed by atoms with van der Waals surface area (Å²) in [6.45, 7) is 4.91. The van der Waals surface area contributed by atoms with Gasteiger partial charge in [0.25, 0.3) is 0 Å². The van der Waals surface area contributed by atoms with E-state index in [1.54, 1.807) is 77.5 Å². The van der Waals surface area contributed by atoms with E-state index in [-0.39, 0.29) is 6.04 Å². The first-order valence-corrected chi connectivity index (χ1v) is 16.8. The monoisotopic (exact) mass is 813 g/mol. The summed E-state index contributed by atoms with van der Waals surface area (Å²) in [6.07, 6.45) is -6.16. The van der Waals surface area contributed by atoms with E-state index in [0.29, 0.717) is 28.2 Å². The summed E-state index contributed by atoms with van der Waals surface area (Å²) >= 11 is 3.21. The second kappa shape index (κ2) is 18.8. The number of benzene rings is 3. The number of carbonyl (C=O) groups is 2. The Labute approximate surface area is 315 Å². The lowest BCUT2D eigenvalue weighted by Crippen LogP contribution is -2.38. The standard InChI is InChI=1S/C15H12F3N3O.C13H13N3.C10H9BrF3NO/c1-10(20-14(22)15(16,17)18)11-4-6-12(7-5-11)21-8-2-3-13(21)9-19;1-10(15)11-4-6-12(7-5-11)16-8-2-3-13(16)9-14;1-6(15-9(16)10(12,13)14)7-2-4-8(11)5-3-7/h2-8,10H,1H3,(H,20,22);2-8,10H,15H2,1H3;2-6H,1H3,(H,15,16)/t2*10-;6-/m111/s1. The van der Waals surface area contributed by atoms with Crippen LogP contribution in [-0.2, 0) is 9.59 Å². The highest BCUT2D eigenvalue weighted by Crippen LogP contribution is 2.22. The van der Waals surface area contributed by atoms with Crippen LogP contribution in [0.15, 0.2) is 114 Å². The maximum absolute atomic E-state index is 12.2. The molecule has 5 rings (SSSR count). The predicted octanol–water partition coefficient (Wildman–Crippen LogP) is 8.65. The van der Waals surface area contributed by atoms with E-state index in [0.717, 1.165) is 15.7 Å². The number of alkyl halides is 6. The highest BCUT2D eigenvalue weighted by molar-refractivity contribution is 9.10. The van der Waals surface area contributed by atoms with Gasteiger partial charge in [0.05, 0.1) is 12.1 Å². The molecule has 0 bridgehead atoms. The first-order chi connectivity index (χ1) is 25.3. The van der Waals surface area contributed by atoms with Crippen LogP contribution in [0.5, 0.6) is 0 Å². The van der Waals surface area contributed by atoms with Gasteiger partial charge in [0, 0.05) is 34.3 Å². The zero-order valence-electron chi connectivity index (χ0n) is 29.0. The molecule has 2 heterocycles. The van der Waals surface area contributed by atoms with Crippen LogP contribution in [0.1, 0.15) is 67.0 Å². The zero-order valence-corrected chi connectivity index (χ0v) is 30.5. The molecule has 9 nitrogen and oxygen atoms in total. The topological polar surface area (TPSA) is 142 Å². The Balaban J connectivity index is 0.000000222. The molecule has 0 aliphatic heterocycles. The largest absolute Gasteiger partial charge is 0.471 e. The summed E-state index contributed by atoms with van der Waals surface area (Å²) in [7, 11) is 0. The molecule has 2 amide bonds. The maximum atomic E-state index is 12.2. The molecule has 5 aromatic rings. The molecule has 0 saturated carbocycles. The molecule has 0 radical (unpaired) electrons. The van der Waals surface area contributed by atoms with Gasteiger partial charge < -0.3 is 25.5 Å².